The summed E-state index contributed by atoms with van der Waals surface area (Å²) in [6.07, 6.45) is 0. The number of carbonyl (C=O) groups excluding carboxylic acids is 1. The number of methoxy groups -OCH3 is 1. The van der Waals surface area contributed by atoms with Gasteiger partial charge in [0.2, 0.25) is 5.76 Å². The van der Waals surface area contributed by atoms with E-state index in [1.165, 1.54) is 13.2 Å². The lowest BCUT2D eigenvalue weighted by Crippen LogP contribution is -2.11. The normalized spacial score (nSPS) is 10.5. The van der Waals surface area contributed by atoms with E-state index in [4.69, 9.17) is 20.9 Å². The van der Waals surface area contributed by atoms with Crippen LogP contribution in [0.5, 0.6) is 5.88 Å². The molecule has 1 amide bonds. The Hall–Kier alpha value is -2.79. The molecule has 0 atom stereocenters. The van der Waals surface area contributed by atoms with Crippen molar-refractivity contribution < 1.29 is 14.1 Å². The smallest absolute Gasteiger partial charge is 0.294 e. The Bertz CT molecular complexity index is 889. The maximum atomic E-state index is 12.2. The van der Waals surface area contributed by atoms with Crippen molar-refractivity contribution in [3.8, 4) is 17.0 Å². The van der Waals surface area contributed by atoms with E-state index in [-0.39, 0.29) is 17.5 Å². The summed E-state index contributed by atoms with van der Waals surface area (Å²) < 4.78 is 9.83. The van der Waals surface area contributed by atoms with Gasteiger partial charge in [-0.15, -0.1) is 0 Å². The highest BCUT2D eigenvalue weighted by atomic mass is 35.5. The summed E-state index contributed by atoms with van der Waals surface area (Å²) >= 11 is 6.03. The predicted octanol–water partition coefficient (Wildman–Crippen LogP) is 4.56. The molecule has 0 radical (unpaired) electrons. The molecule has 2 aromatic carbocycles. The zero-order chi connectivity index (χ0) is 17.1. The summed E-state index contributed by atoms with van der Waals surface area (Å²) in [6, 6.07) is 14.8. The fourth-order valence-electron chi connectivity index (χ4n) is 2.30. The molecule has 5 nitrogen and oxygen atoms in total. The van der Waals surface area contributed by atoms with E-state index in [1.807, 2.05) is 49.4 Å². The lowest BCUT2D eigenvalue weighted by molar-refractivity contribution is 0.0987. The second-order valence-corrected chi connectivity index (χ2v) is 5.66. The number of nitrogens with zero attached hydrogens (tertiary/aromatic N) is 1. The minimum absolute atomic E-state index is 0.0881. The molecule has 6 heteroatoms. The van der Waals surface area contributed by atoms with Crippen molar-refractivity contribution in [3.63, 3.8) is 0 Å². The van der Waals surface area contributed by atoms with Crippen LogP contribution in [0.1, 0.15) is 16.1 Å². The number of ether oxygens (including phenoxy) is 1. The lowest BCUT2D eigenvalue weighted by atomic mass is 10.0. The van der Waals surface area contributed by atoms with Crippen molar-refractivity contribution in [1.82, 2.24) is 5.16 Å². The van der Waals surface area contributed by atoms with Crippen LogP contribution in [0.15, 0.2) is 53.1 Å². The number of hydrogen-bond acceptors (Lipinski definition) is 4. The standard InChI is InChI=1S/C18H15ClN2O3/c1-11-8-13(12-4-3-5-14(19)9-12)6-7-15(11)20-18(22)16-10-17(23-2)21-24-16/h3-10H,1-2H3,(H,20,22). The van der Waals surface area contributed by atoms with E-state index in [0.717, 1.165) is 16.7 Å². The molecular weight excluding hydrogens is 328 g/mol. The fraction of sp³-hybridized carbons (Fsp3) is 0.111. The number of aromatic nitrogens is 1. The number of carbonyl (C=O) groups is 1. The molecule has 3 rings (SSSR count). The van der Waals surface area contributed by atoms with E-state index in [1.54, 1.807) is 0 Å². The summed E-state index contributed by atoms with van der Waals surface area (Å²) in [7, 11) is 1.46. The first-order valence-corrected chi connectivity index (χ1v) is 7.63. The molecule has 24 heavy (non-hydrogen) atoms. The number of benzene rings is 2. The Morgan fingerprint density at radius 1 is 1.17 bits per heavy atom. The van der Waals surface area contributed by atoms with Gasteiger partial charge in [0.05, 0.1) is 13.2 Å². The van der Waals surface area contributed by atoms with E-state index in [0.29, 0.717) is 10.7 Å². The van der Waals surface area contributed by atoms with Crippen molar-refractivity contribution >= 4 is 23.2 Å². The number of hydrogen-bond donors (Lipinski definition) is 1. The van der Waals surface area contributed by atoms with Gasteiger partial charge in [-0.2, -0.15) is 0 Å². The van der Waals surface area contributed by atoms with Gasteiger partial charge in [0.1, 0.15) is 0 Å². The highest BCUT2D eigenvalue weighted by Gasteiger charge is 2.14. The molecule has 0 saturated heterocycles. The molecule has 0 saturated carbocycles. The van der Waals surface area contributed by atoms with Gasteiger partial charge in [0.15, 0.2) is 0 Å². The molecule has 1 heterocycles. The van der Waals surface area contributed by atoms with Gasteiger partial charge in [-0.1, -0.05) is 29.8 Å². The number of nitrogens with one attached hydrogen (secondary N) is 1. The van der Waals surface area contributed by atoms with Crippen LogP contribution in [0, 0.1) is 6.92 Å². The molecule has 122 valence electrons. The summed E-state index contributed by atoms with van der Waals surface area (Å²) in [4.78, 5) is 12.2. The van der Waals surface area contributed by atoms with Crippen LogP contribution in [0.3, 0.4) is 0 Å². The Morgan fingerprint density at radius 3 is 2.62 bits per heavy atom. The molecule has 0 spiro atoms. The van der Waals surface area contributed by atoms with E-state index >= 15 is 0 Å². The first-order valence-electron chi connectivity index (χ1n) is 7.25. The highest BCUT2D eigenvalue weighted by molar-refractivity contribution is 6.30. The van der Waals surface area contributed by atoms with Crippen LogP contribution in [-0.2, 0) is 0 Å². The van der Waals surface area contributed by atoms with E-state index in [2.05, 4.69) is 10.5 Å². The highest BCUT2D eigenvalue weighted by Crippen LogP contribution is 2.27. The van der Waals surface area contributed by atoms with Gasteiger partial charge in [-0.05, 0) is 53.0 Å². The van der Waals surface area contributed by atoms with Crippen LogP contribution in [-0.4, -0.2) is 18.2 Å². The Morgan fingerprint density at radius 2 is 1.96 bits per heavy atom. The Kier molecular flexibility index (Phi) is 4.53. The molecule has 0 aliphatic carbocycles. The second-order valence-electron chi connectivity index (χ2n) is 5.23. The van der Waals surface area contributed by atoms with E-state index in [9.17, 15) is 4.79 Å². The third-order valence-electron chi connectivity index (χ3n) is 3.55. The van der Waals surface area contributed by atoms with Crippen molar-refractivity contribution in [3.05, 3.63) is 64.9 Å². The van der Waals surface area contributed by atoms with Gasteiger partial charge in [0, 0.05) is 10.7 Å². The number of rotatable bonds is 4. The molecule has 1 N–H and O–H groups in total. The predicted molar refractivity (Wildman–Crippen MR) is 92.6 cm³/mol. The van der Waals surface area contributed by atoms with Crippen molar-refractivity contribution in [2.75, 3.05) is 12.4 Å². The second kappa shape index (κ2) is 6.76. The molecule has 3 aromatic rings. The number of aryl methyl sites for hydroxylation is 1. The fourth-order valence-corrected chi connectivity index (χ4v) is 2.49. The van der Waals surface area contributed by atoms with Gasteiger partial charge < -0.3 is 14.6 Å². The molecule has 0 aliphatic heterocycles. The molecule has 0 bridgehead atoms. The molecular formula is C18H15ClN2O3. The van der Waals surface area contributed by atoms with Crippen LogP contribution < -0.4 is 10.1 Å². The monoisotopic (exact) mass is 342 g/mol. The number of anilines is 1. The minimum atomic E-state index is -0.385. The number of amides is 1. The average Bonchev–Trinajstić information content (AvgIpc) is 3.06. The third kappa shape index (κ3) is 3.41. The van der Waals surface area contributed by atoms with E-state index < -0.39 is 0 Å². The maximum absolute atomic E-state index is 12.2. The Balaban J connectivity index is 1.81. The summed E-state index contributed by atoms with van der Waals surface area (Å²) in [5.41, 5.74) is 3.66. The van der Waals surface area contributed by atoms with Gasteiger partial charge in [0.25, 0.3) is 11.8 Å². The van der Waals surface area contributed by atoms with Crippen LogP contribution >= 0.6 is 11.6 Å². The molecule has 0 unspecified atom stereocenters. The topological polar surface area (TPSA) is 64.4 Å². The summed E-state index contributed by atoms with van der Waals surface area (Å²) in [5, 5.41) is 7.09. The first-order chi connectivity index (χ1) is 11.6. The van der Waals surface area contributed by atoms with Crippen molar-refractivity contribution in [2.45, 2.75) is 6.92 Å². The zero-order valence-corrected chi connectivity index (χ0v) is 13.9. The maximum Gasteiger partial charge on any atom is 0.294 e. The lowest BCUT2D eigenvalue weighted by Gasteiger charge is -2.09. The van der Waals surface area contributed by atoms with Gasteiger partial charge >= 0.3 is 0 Å². The minimum Gasteiger partial charge on any atom is -0.479 e. The molecule has 1 aromatic heterocycles. The Labute approximate surface area is 144 Å². The van der Waals surface area contributed by atoms with Crippen molar-refractivity contribution in [2.24, 2.45) is 0 Å². The van der Waals surface area contributed by atoms with Crippen LogP contribution in [0.4, 0.5) is 5.69 Å². The van der Waals surface area contributed by atoms with Crippen LogP contribution in [0.2, 0.25) is 5.02 Å². The molecule has 0 aliphatic rings. The van der Waals surface area contributed by atoms with Gasteiger partial charge in [-0.3, -0.25) is 4.79 Å². The average molecular weight is 343 g/mol. The van der Waals surface area contributed by atoms with Crippen molar-refractivity contribution in [1.29, 1.82) is 0 Å². The quantitative estimate of drug-likeness (QED) is 0.754. The zero-order valence-electron chi connectivity index (χ0n) is 13.2. The third-order valence-corrected chi connectivity index (χ3v) is 3.79. The number of halogens is 1. The van der Waals surface area contributed by atoms with Crippen LogP contribution in [0.25, 0.3) is 11.1 Å². The summed E-state index contributed by atoms with van der Waals surface area (Å²) in [5.74, 6) is -0.0391. The molecule has 0 fully saturated rings. The SMILES string of the molecule is COc1cc(C(=O)Nc2ccc(-c3cccc(Cl)c3)cc2C)on1. The van der Waals surface area contributed by atoms with Gasteiger partial charge in [-0.25, -0.2) is 0 Å². The first kappa shape index (κ1) is 16.1. The summed E-state index contributed by atoms with van der Waals surface area (Å²) in [6.45, 7) is 1.92. The largest absolute Gasteiger partial charge is 0.479 e.